The van der Waals surface area contributed by atoms with Crippen molar-refractivity contribution in [2.75, 3.05) is 0 Å². The minimum atomic E-state index is 0.571. The Balaban J connectivity index is 1.61. The van der Waals surface area contributed by atoms with Gasteiger partial charge < -0.3 is 0 Å². The van der Waals surface area contributed by atoms with Gasteiger partial charge in [0.15, 0.2) is 0 Å². The molecule has 0 nitrogen and oxygen atoms in total. The normalized spacial score (nSPS) is 54.2. The highest BCUT2D eigenvalue weighted by atomic mass is 14.6. The molecule has 0 amide bonds. The van der Waals surface area contributed by atoms with Crippen molar-refractivity contribution >= 4 is 0 Å². The van der Waals surface area contributed by atoms with Crippen LogP contribution < -0.4 is 0 Å². The topological polar surface area (TPSA) is 0 Å². The minimum Gasteiger partial charge on any atom is -0.0845 e. The third kappa shape index (κ3) is 1.94. The average molecular weight is 301 g/mol. The number of rotatable bonds is 1. The summed E-state index contributed by atoms with van der Waals surface area (Å²) < 4.78 is 0. The first-order valence-electron chi connectivity index (χ1n) is 10.2. The van der Waals surface area contributed by atoms with Gasteiger partial charge in [-0.25, -0.2) is 0 Å². The van der Waals surface area contributed by atoms with Gasteiger partial charge in [0, 0.05) is 0 Å². The van der Waals surface area contributed by atoms with Crippen LogP contribution in [-0.4, -0.2) is 0 Å². The lowest BCUT2D eigenvalue weighted by Crippen LogP contribution is -2.53. The SMILES string of the molecule is CCC1=CC[C@H]2[C@@H]3CCC4CC(C)CC[C@]4(C)[C@H]3CC[C@]12C. The molecule has 124 valence electrons. The second-order valence-electron chi connectivity index (χ2n) is 9.81. The molecule has 0 heterocycles. The van der Waals surface area contributed by atoms with Gasteiger partial charge in [0.05, 0.1) is 0 Å². The molecule has 4 rings (SSSR count). The fourth-order valence-corrected chi connectivity index (χ4v) is 7.68. The zero-order valence-electron chi connectivity index (χ0n) is 15.3. The molecule has 0 aromatic rings. The molecular weight excluding hydrogens is 264 g/mol. The highest BCUT2D eigenvalue weighted by Gasteiger charge is 2.57. The molecule has 3 saturated carbocycles. The molecule has 0 aromatic heterocycles. The summed E-state index contributed by atoms with van der Waals surface area (Å²) in [7, 11) is 0. The monoisotopic (exact) mass is 300 g/mol. The lowest BCUT2D eigenvalue weighted by Gasteiger charge is -2.61. The van der Waals surface area contributed by atoms with E-state index >= 15 is 0 Å². The molecule has 22 heavy (non-hydrogen) atoms. The second kappa shape index (κ2) is 5.12. The van der Waals surface area contributed by atoms with Gasteiger partial charge in [0.1, 0.15) is 0 Å². The summed E-state index contributed by atoms with van der Waals surface area (Å²) in [5.41, 5.74) is 3.06. The Morgan fingerprint density at radius 2 is 1.86 bits per heavy atom. The molecule has 7 atom stereocenters. The molecule has 0 bridgehead atoms. The summed E-state index contributed by atoms with van der Waals surface area (Å²) in [6, 6.07) is 0. The Labute approximate surface area is 138 Å². The van der Waals surface area contributed by atoms with Crippen molar-refractivity contribution in [2.24, 2.45) is 40.4 Å². The van der Waals surface area contributed by atoms with E-state index in [1.807, 2.05) is 0 Å². The van der Waals surface area contributed by atoms with E-state index in [-0.39, 0.29) is 0 Å². The number of fused-ring (bicyclic) bond motifs is 5. The van der Waals surface area contributed by atoms with Crippen molar-refractivity contribution < 1.29 is 0 Å². The van der Waals surface area contributed by atoms with E-state index < -0.39 is 0 Å². The standard InChI is InChI=1S/C22H36/c1-5-16-7-9-19-18-8-6-17-14-15(2)10-12-22(17,4)20(18)11-13-21(16,19)3/h7,15,17-20H,5-6,8-14H2,1-4H3/t15?,17?,18-,19-,20-,21+,22-/m0/s1. The number of hydrogen-bond donors (Lipinski definition) is 0. The molecule has 0 saturated heterocycles. The highest BCUT2D eigenvalue weighted by Crippen LogP contribution is 2.66. The predicted molar refractivity (Wildman–Crippen MR) is 94.6 cm³/mol. The maximum Gasteiger partial charge on any atom is -0.00824 e. The maximum absolute atomic E-state index is 2.70. The van der Waals surface area contributed by atoms with Gasteiger partial charge >= 0.3 is 0 Å². The molecule has 0 aromatic carbocycles. The van der Waals surface area contributed by atoms with E-state index in [1.54, 1.807) is 12.0 Å². The Kier molecular flexibility index (Phi) is 3.55. The zero-order valence-corrected chi connectivity index (χ0v) is 15.3. The number of hydrogen-bond acceptors (Lipinski definition) is 0. The summed E-state index contributed by atoms with van der Waals surface area (Å²) >= 11 is 0. The van der Waals surface area contributed by atoms with Crippen molar-refractivity contribution in [1.29, 1.82) is 0 Å². The second-order valence-corrected chi connectivity index (χ2v) is 9.81. The summed E-state index contributed by atoms with van der Waals surface area (Å²) in [4.78, 5) is 0. The molecule has 0 heteroatoms. The number of allylic oxidation sites excluding steroid dienone is 2. The molecular formula is C22H36. The summed E-state index contributed by atoms with van der Waals surface area (Å²) in [5.74, 6) is 5.10. The lowest BCUT2D eigenvalue weighted by atomic mass is 9.44. The summed E-state index contributed by atoms with van der Waals surface area (Å²) in [5, 5.41) is 0. The Bertz CT molecular complexity index is 474. The van der Waals surface area contributed by atoms with Crippen molar-refractivity contribution in [1.82, 2.24) is 0 Å². The van der Waals surface area contributed by atoms with Gasteiger partial charge in [-0.05, 0) is 91.8 Å². The van der Waals surface area contributed by atoms with E-state index in [0.717, 1.165) is 29.6 Å². The first-order valence-corrected chi connectivity index (χ1v) is 10.2. The van der Waals surface area contributed by atoms with Crippen molar-refractivity contribution in [3.05, 3.63) is 11.6 Å². The maximum atomic E-state index is 2.70. The molecule has 2 unspecified atom stereocenters. The first kappa shape index (κ1) is 15.3. The van der Waals surface area contributed by atoms with Crippen LogP contribution in [0.25, 0.3) is 0 Å². The van der Waals surface area contributed by atoms with Gasteiger partial charge in [-0.15, -0.1) is 0 Å². The molecule has 0 radical (unpaired) electrons. The Hall–Kier alpha value is -0.260. The van der Waals surface area contributed by atoms with Crippen molar-refractivity contribution in [3.63, 3.8) is 0 Å². The smallest absolute Gasteiger partial charge is 0.00824 e. The molecule has 3 fully saturated rings. The molecule has 0 N–H and O–H groups in total. The van der Waals surface area contributed by atoms with Crippen LogP contribution in [0.2, 0.25) is 0 Å². The fraction of sp³-hybridized carbons (Fsp3) is 0.909. The average Bonchev–Trinajstić information content (AvgIpc) is 2.84. The summed E-state index contributed by atoms with van der Waals surface area (Å²) in [6.07, 6.45) is 16.0. The van der Waals surface area contributed by atoms with Gasteiger partial charge in [-0.3, -0.25) is 0 Å². The fourth-order valence-electron chi connectivity index (χ4n) is 7.68. The third-order valence-corrected chi connectivity index (χ3v) is 9.05. The molecule has 0 spiro atoms. The minimum absolute atomic E-state index is 0.571. The summed E-state index contributed by atoms with van der Waals surface area (Å²) in [6.45, 7) is 10.2. The van der Waals surface area contributed by atoms with Crippen LogP contribution in [0.5, 0.6) is 0 Å². The first-order chi connectivity index (χ1) is 10.5. The quantitative estimate of drug-likeness (QED) is 0.478. The zero-order chi connectivity index (χ0) is 15.5. The molecule has 4 aliphatic carbocycles. The largest absolute Gasteiger partial charge is 0.0845 e. The molecule has 4 aliphatic rings. The van der Waals surface area contributed by atoms with Crippen molar-refractivity contribution in [2.45, 2.75) is 85.5 Å². The van der Waals surface area contributed by atoms with Gasteiger partial charge in [0.2, 0.25) is 0 Å². The highest BCUT2D eigenvalue weighted by molar-refractivity contribution is 5.25. The van der Waals surface area contributed by atoms with Crippen LogP contribution >= 0.6 is 0 Å². The Morgan fingerprint density at radius 1 is 1.05 bits per heavy atom. The van der Waals surface area contributed by atoms with Gasteiger partial charge in [0.25, 0.3) is 0 Å². The van der Waals surface area contributed by atoms with E-state index in [4.69, 9.17) is 0 Å². The van der Waals surface area contributed by atoms with Crippen LogP contribution in [0.15, 0.2) is 11.6 Å². The lowest BCUT2D eigenvalue weighted by molar-refractivity contribution is -0.106. The van der Waals surface area contributed by atoms with Crippen LogP contribution in [0.3, 0.4) is 0 Å². The van der Waals surface area contributed by atoms with Crippen molar-refractivity contribution in [3.8, 4) is 0 Å². The van der Waals surface area contributed by atoms with E-state index in [2.05, 4.69) is 33.8 Å². The Morgan fingerprint density at radius 3 is 2.64 bits per heavy atom. The van der Waals surface area contributed by atoms with Gasteiger partial charge in [-0.1, -0.05) is 45.8 Å². The van der Waals surface area contributed by atoms with E-state index in [9.17, 15) is 0 Å². The third-order valence-electron chi connectivity index (χ3n) is 9.05. The van der Waals surface area contributed by atoms with Crippen LogP contribution in [0.1, 0.15) is 85.5 Å². The van der Waals surface area contributed by atoms with Gasteiger partial charge in [-0.2, -0.15) is 0 Å². The molecule has 0 aliphatic heterocycles. The van der Waals surface area contributed by atoms with Crippen LogP contribution in [0.4, 0.5) is 0 Å². The predicted octanol–water partition coefficient (Wildman–Crippen LogP) is 6.61. The van der Waals surface area contributed by atoms with Crippen LogP contribution in [0, 0.1) is 40.4 Å². The van der Waals surface area contributed by atoms with Crippen LogP contribution in [-0.2, 0) is 0 Å². The van der Waals surface area contributed by atoms with E-state index in [0.29, 0.717) is 10.8 Å². The van der Waals surface area contributed by atoms with E-state index in [1.165, 1.54) is 51.4 Å².